The molecule has 0 saturated heterocycles. The molecule has 1 N–H and O–H groups in total. The van der Waals surface area contributed by atoms with Gasteiger partial charge < -0.3 is 38.0 Å². The minimum Gasteiger partial charge on any atom is -0.493 e. The summed E-state index contributed by atoms with van der Waals surface area (Å²) in [5, 5.41) is 10.9. The second-order valence-electron chi connectivity index (χ2n) is 16.1. The zero-order chi connectivity index (χ0) is 41.1. The molecule has 0 fully saturated rings. The van der Waals surface area contributed by atoms with Gasteiger partial charge in [0.15, 0.2) is 40.5 Å². The molecular formula is C47H57N2O9+. The molecule has 308 valence electrons. The van der Waals surface area contributed by atoms with E-state index in [9.17, 15) is 14.7 Å². The Hall–Kier alpha value is -5.26. The minimum atomic E-state index is -0.781. The van der Waals surface area contributed by atoms with E-state index in [4.69, 9.17) is 28.4 Å². The predicted molar refractivity (Wildman–Crippen MR) is 221 cm³/mol. The lowest BCUT2D eigenvalue weighted by molar-refractivity contribution is -0.956. The molecule has 4 heterocycles. The Labute approximate surface area is 342 Å². The van der Waals surface area contributed by atoms with Gasteiger partial charge in [-0.25, -0.2) is 4.79 Å². The number of fused-ring (bicyclic) bond motifs is 2. The van der Waals surface area contributed by atoms with Crippen LogP contribution in [0.15, 0.2) is 60.7 Å². The van der Waals surface area contributed by atoms with Crippen LogP contribution in [0.2, 0.25) is 0 Å². The molecule has 4 aromatic carbocycles. The Morgan fingerprint density at radius 1 is 0.845 bits per heavy atom. The van der Waals surface area contributed by atoms with Gasteiger partial charge in [-0.05, 0) is 91.0 Å². The summed E-state index contributed by atoms with van der Waals surface area (Å²) in [6, 6.07) is 19.0. The smallest absolute Gasteiger partial charge is 0.362 e. The Morgan fingerprint density at radius 3 is 2.24 bits per heavy atom. The maximum absolute atomic E-state index is 13.3. The first-order chi connectivity index (χ1) is 28.0. The first-order valence-electron chi connectivity index (χ1n) is 20.5. The van der Waals surface area contributed by atoms with Crippen molar-refractivity contribution in [3.8, 4) is 46.0 Å². The van der Waals surface area contributed by atoms with E-state index in [1.165, 1.54) is 6.92 Å². The Morgan fingerprint density at radius 2 is 1.55 bits per heavy atom. The highest BCUT2D eigenvalue weighted by Gasteiger charge is 2.48. The third-order valence-corrected chi connectivity index (χ3v) is 12.5. The van der Waals surface area contributed by atoms with E-state index in [0.29, 0.717) is 77.0 Å². The number of quaternary nitrogens is 1. The third kappa shape index (κ3) is 8.07. The van der Waals surface area contributed by atoms with Crippen molar-refractivity contribution in [2.24, 2.45) is 0 Å². The van der Waals surface area contributed by atoms with Crippen LogP contribution in [-0.2, 0) is 35.3 Å². The normalized spacial score (nSPS) is 20.3. The first-order valence-corrected chi connectivity index (χ1v) is 20.5. The fraction of sp³-hybridized carbons (Fsp3) is 0.447. The van der Waals surface area contributed by atoms with Gasteiger partial charge in [0.05, 0.1) is 34.9 Å². The van der Waals surface area contributed by atoms with Crippen molar-refractivity contribution in [2.45, 2.75) is 89.8 Å². The number of hydrogen-bond acceptors (Lipinski definition) is 9. The average molecular weight is 794 g/mol. The number of carboxylic acid groups (broad SMARTS) is 1. The van der Waals surface area contributed by atoms with E-state index >= 15 is 0 Å². The molecule has 0 radical (unpaired) electrons. The van der Waals surface area contributed by atoms with Crippen molar-refractivity contribution in [3.63, 3.8) is 0 Å². The molecule has 58 heavy (non-hydrogen) atoms. The molecule has 11 nitrogen and oxygen atoms in total. The molecule has 4 aromatic rings. The number of hydrogen-bond donors (Lipinski definition) is 1. The van der Waals surface area contributed by atoms with Gasteiger partial charge in [-0.2, -0.15) is 0 Å². The van der Waals surface area contributed by atoms with Crippen LogP contribution in [0.3, 0.4) is 0 Å². The van der Waals surface area contributed by atoms with Gasteiger partial charge in [-0.1, -0.05) is 44.4 Å². The van der Waals surface area contributed by atoms with Crippen molar-refractivity contribution in [2.75, 3.05) is 48.5 Å². The van der Waals surface area contributed by atoms with E-state index in [1.807, 2.05) is 48.5 Å². The molecule has 4 aliphatic heterocycles. The lowest BCUT2D eigenvalue weighted by Gasteiger charge is -2.49. The van der Waals surface area contributed by atoms with E-state index in [0.717, 1.165) is 72.0 Å². The number of carbonyl (C=O) groups excluding carboxylic acids is 1. The number of unbranched alkanes of at least 4 members (excludes halogenated alkanes) is 3. The molecule has 0 amide bonds. The van der Waals surface area contributed by atoms with Crippen LogP contribution in [0.4, 0.5) is 0 Å². The van der Waals surface area contributed by atoms with Crippen LogP contribution >= 0.6 is 0 Å². The average Bonchev–Trinajstić information content (AvgIpc) is 3.20. The van der Waals surface area contributed by atoms with Crippen LogP contribution in [-0.4, -0.2) is 81.0 Å². The predicted octanol–water partition coefficient (Wildman–Crippen LogP) is 9.02. The number of likely N-dealkylation sites (N-methyl/N-ethyl adjacent to an activating group) is 2. The molecule has 4 unspecified atom stereocenters. The summed E-state index contributed by atoms with van der Waals surface area (Å²) >= 11 is 0. The molecular weight excluding hydrogens is 737 g/mol. The van der Waals surface area contributed by atoms with Gasteiger partial charge in [0.25, 0.3) is 0 Å². The molecule has 4 atom stereocenters. The highest BCUT2D eigenvalue weighted by atomic mass is 16.6. The van der Waals surface area contributed by atoms with Crippen LogP contribution in [0, 0.1) is 0 Å². The largest absolute Gasteiger partial charge is 0.493 e. The molecule has 0 aromatic heterocycles. The second kappa shape index (κ2) is 17.3. The van der Waals surface area contributed by atoms with Crippen molar-refractivity contribution in [1.29, 1.82) is 0 Å². The van der Waals surface area contributed by atoms with Gasteiger partial charge >= 0.3 is 11.9 Å². The first kappa shape index (κ1) is 40.9. The van der Waals surface area contributed by atoms with Gasteiger partial charge in [-0.3, -0.25) is 9.69 Å². The monoisotopic (exact) mass is 793 g/mol. The molecule has 0 spiro atoms. The van der Waals surface area contributed by atoms with E-state index in [2.05, 4.69) is 38.1 Å². The highest BCUT2D eigenvalue weighted by molar-refractivity contribution is 5.74. The summed E-state index contributed by atoms with van der Waals surface area (Å²) in [5.41, 5.74) is 6.07. The van der Waals surface area contributed by atoms with Gasteiger partial charge in [0.2, 0.25) is 5.75 Å². The molecule has 4 aliphatic rings. The highest BCUT2D eigenvalue weighted by Crippen LogP contribution is 2.53. The summed E-state index contributed by atoms with van der Waals surface area (Å²) in [6.07, 6.45) is 7.13. The fourth-order valence-corrected chi connectivity index (χ4v) is 9.33. The molecule has 0 aliphatic carbocycles. The number of carboxylic acids is 1. The number of nitrogens with zero attached hydrogens (tertiary/aromatic N) is 2. The van der Waals surface area contributed by atoms with Crippen LogP contribution in [0.25, 0.3) is 0 Å². The van der Waals surface area contributed by atoms with E-state index in [1.54, 1.807) is 21.3 Å². The fourth-order valence-electron chi connectivity index (χ4n) is 9.33. The summed E-state index contributed by atoms with van der Waals surface area (Å²) in [5.74, 6) is 2.52. The van der Waals surface area contributed by atoms with Crippen molar-refractivity contribution < 1.29 is 47.6 Å². The zero-order valence-corrected chi connectivity index (χ0v) is 34.9. The Balaban J connectivity index is 1.48. The summed E-state index contributed by atoms with van der Waals surface area (Å²) in [4.78, 5) is 28.4. The quantitative estimate of drug-likeness (QED) is 0.0684. The Kier molecular flexibility index (Phi) is 12.2. The van der Waals surface area contributed by atoms with E-state index < -0.39 is 18.0 Å². The van der Waals surface area contributed by atoms with E-state index in [-0.39, 0.29) is 17.8 Å². The zero-order valence-electron chi connectivity index (χ0n) is 34.9. The van der Waals surface area contributed by atoms with Crippen LogP contribution in [0.1, 0.15) is 91.4 Å². The third-order valence-electron chi connectivity index (χ3n) is 12.5. The number of aliphatic carboxylic acids is 1. The maximum atomic E-state index is 13.3. The summed E-state index contributed by atoms with van der Waals surface area (Å²) in [6.45, 7) is 4.96. The number of esters is 1. The lowest BCUT2D eigenvalue weighted by Crippen LogP contribution is -2.60. The minimum absolute atomic E-state index is 0.191. The standard InChI is InChI=1S/C47H56N2O9/c1-8-9-10-11-12-37(47(51)52)49(4)22-20-32-26-40(54-6)42-28-35(32)38(49)24-30-13-16-34(17-14-30)57-41-25-31(15-18-39(41)53-5)23-36-44-33(19-21-48(36)3)27-43(55-7)45(46(44)58-42)56-29(2)50/h13-18,25-28,36-38H,8-12,19-24H2,1-7H3/p+1. The van der Waals surface area contributed by atoms with Crippen molar-refractivity contribution >= 4 is 11.9 Å². The molecule has 8 rings (SSSR count). The van der Waals surface area contributed by atoms with Crippen LogP contribution in [0.5, 0.6) is 46.0 Å². The number of ether oxygens (including phenoxy) is 6. The number of benzene rings is 4. The topological polar surface area (TPSA) is 113 Å². The molecule has 0 saturated carbocycles. The summed E-state index contributed by atoms with van der Waals surface area (Å²) < 4.78 is 37.7. The molecule has 11 heteroatoms. The second-order valence-corrected chi connectivity index (χ2v) is 16.1. The number of rotatable bonds is 11. The van der Waals surface area contributed by atoms with Crippen LogP contribution < -0.4 is 28.4 Å². The molecule has 6 bridgehead atoms. The van der Waals surface area contributed by atoms with Crippen molar-refractivity contribution in [1.82, 2.24) is 4.90 Å². The van der Waals surface area contributed by atoms with Gasteiger partial charge in [-0.15, -0.1) is 0 Å². The SMILES string of the molecule is CCCCCCC(C(=O)O)[N+]1(C)CCc2cc(OC)c3cc2C1Cc1ccc(cc1)Oc1cc(ccc1OC)CC1c2c(cc(OC)c(OC(C)=O)c2O3)CCN1C. The van der Waals surface area contributed by atoms with Gasteiger partial charge in [0, 0.05) is 49.9 Å². The summed E-state index contributed by atoms with van der Waals surface area (Å²) in [7, 11) is 9.01. The Bertz CT molecular complexity index is 2150. The number of methoxy groups -OCH3 is 3. The van der Waals surface area contributed by atoms with Crippen molar-refractivity contribution in [3.05, 3.63) is 94.0 Å². The number of carbonyl (C=O) groups is 2. The van der Waals surface area contributed by atoms with Gasteiger partial charge in [0.1, 0.15) is 11.8 Å². The maximum Gasteiger partial charge on any atom is 0.362 e. The lowest BCUT2D eigenvalue weighted by atomic mass is 9.84.